The molecule has 0 bridgehead atoms. The minimum Gasteiger partial charge on any atom is -0.343 e. The van der Waals surface area contributed by atoms with Crippen LogP contribution in [0.1, 0.15) is 316 Å². The van der Waals surface area contributed by atoms with Gasteiger partial charge in [0, 0.05) is 19.5 Å². The first-order valence-corrected chi connectivity index (χ1v) is 28.0. The average molecular weight is 839 g/mol. The van der Waals surface area contributed by atoms with Crippen LogP contribution in [0.15, 0.2) is 36.5 Å². The van der Waals surface area contributed by atoms with Gasteiger partial charge in [-0.1, -0.05) is 250 Å². The van der Waals surface area contributed by atoms with Gasteiger partial charge in [0.2, 0.25) is 5.91 Å². The number of carbonyl (C=O) groups is 1. The summed E-state index contributed by atoms with van der Waals surface area (Å²) in [5.74, 6) is 0.441. The number of nitrogens with zero attached hydrogens (tertiary/aromatic N) is 1. The van der Waals surface area contributed by atoms with E-state index in [0.717, 1.165) is 25.9 Å². The Balaban J connectivity index is 4.16. The van der Waals surface area contributed by atoms with Crippen molar-refractivity contribution in [2.75, 3.05) is 13.1 Å². The highest BCUT2D eigenvalue weighted by Gasteiger charge is 2.12. The highest BCUT2D eigenvalue weighted by molar-refractivity contribution is 5.76. The quantitative estimate of drug-likeness (QED) is 0.0441. The molecule has 0 aliphatic carbocycles. The van der Waals surface area contributed by atoms with Crippen LogP contribution in [-0.4, -0.2) is 23.9 Å². The first-order chi connectivity index (χ1) is 29.8. The van der Waals surface area contributed by atoms with Gasteiger partial charge < -0.3 is 4.90 Å². The van der Waals surface area contributed by atoms with Crippen molar-refractivity contribution in [3.05, 3.63) is 36.5 Å². The Kier molecular flexibility index (Phi) is 52.6. The largest absolute Gasteiger partial charge is 0.343 e. The van der Waals surface area contributed by atoms with Crippen molar-refractivity contribution in [2.45, 2.75) is 316 Å². The van der Waals surface area contributed by atoms with Gasteiger partial charge in [-0.25, -0.2) is 0 Å². The number of hydrogen-bond acceptors (Lipinski definition) is 1. The van der Waals surface area contributed by atoms with Crippen molar-refractivity contribution >= 4 is 5.91 Å². The second-order valence-electron chi connectivity index (χ2n) is 19.0. The van der Waals surface area contributed by atoms with Gasteiger partial charge in [-0.15, -0.1) is 0 Å². The second kappa shape index (κ2) is 53.8. The molecule has 0 aromatic heterocycles. The molecule has 2 nitrogen and oxygen atoms in total. The van der Waals surface area contributed by atoms with E-state index in [1.54, 1.807) is 0 Å². The van der Waals surface area contributed by atoms with Crippen LogP contribution in [0, 0.1) is 0 Å². The Morgan fingerprint density at radius 2 is 0.467 bits per heavy atom. The van der Waals surface area contributed by atoms with E-state index in [0.29, 0.717) is 5.91 Å². The van der Waals surface area contributed by atoms with Crippen LogP contribution < -0.4 is 0 Å². The van der Waals surface area contributed by atoms with E-state index in [-0.39, 0.29) is 0 Å². The number of allylic oxidation sites excluding steroid dienone is 6. The molecule has 0 saturated carbocycles. The molecule has 60 heavy (non-hydrogen) atoms. The van der Waals surface area contributed by atoms with E-state index >= 15 is 0 Å². The monoisotopic (exact) mass is 838 g/mol. The van der Waals surface area contributed by atoms with E-state index in [9.17, 15) is 4.79 Å². The summed E-state index contributed by atoms with van der Waals surface area (Å²) in [7, 11) is 0. The maximum atomic E-state index is 13.4. The van der Waals surface area contributed by atoms with Crippen molar-refractivity contribution in [1.82, 2.24) is 4.90 Å². The first kappa shape index (κ1) is 58.7. The van der Waals surface area contributed by atoms with Crippen molar-refractivity contribution in [1.29, 1.82) is 0 Å². The summed E-state index contributed by atoms with van der Waals surface area (Å²) in [6.45, 7) is 8.86. The van der Waals surface area contributed by atoms with Crippen LogP contribution in [0.4, 0.5) is 0 Å². The van der Waals surface area contributed by atoms with E-state index in [4.69, 9.17) is 0 Å². The first-order valence-electron chi connectivity index (χ1n) is 28.0. The van der Waals surface area contributed by atoms with Crippen LogP contribution in [0.25, 0.3) is 0 Å². The van der Waals surface area contributed by atoms with Gasteiger partial charge in [-0.3, -0.25) is 4.79 Å². The lowest BCUT2D eigenvalue weighted by Crippen LogP contribution is -2.32. The maximum Gasteiger partial charge on any atom is 0.222 e. The van der Waals surface area contributed by atoms with Crippen molar-refractivity contribution < 1.29 is 4.79 Å². The summed E-state index contributed by atoms with van der Waals surface area (Å²) in [4.78, 5) is 15.7. The molecule has 0 aliphatic heterocycles. The SMILES string of the molecule is CCCCCCCC/C=C\CCCCCCCCCCCC(=O)N(CCCCCCCC/C=C\CCCCCCCC)CCCCCCCC/C=C\CCCCCCCC. The van der Waals surface area contributed by atoms with Gasteiger partial charge in [-0.05, 0) is 96.3 Å². The minimum atomic E-state index is 0.441. The van der Waals surface area contributed by atoms with Gasteiger partial charge >= 0.3 is 0 Å². The topological polar surface area (TPSA) is 20.3 Å². The lowest BCUT2D eigenvalue weighted by atomic mass is 10.0. The molecule has 2 heteroatoms. The van der Waals surface area contributed by atoms with E-state index in [1.807, 2.05) is 0 Å². The average Bonchev–Trinajstić information content (AvgIpc) is 3.26. The van der Waals surface area contributed by atoms with Gasteiger partial charge in [-0.2, -0.15) is 0 Å². The summed E-state index contributed by atoms with van der Waals surface area (Å²) in [5, 5.41) is 0. The zero-order chi connectivity index (χ0) is 43.3. The predicted octanol–water partition coefficient (Wildman–Crippen LogP) is 20.5. The Morgan fingerprint density at radius 1 is 0.267 bits per heavy atom. The van der Waals surface area contributed by atoms with Crippen molar-refractivity contribution in [3.63, 3.8) is 0 Å². The Bertz CT molecular complexity index is 845. The second-order valence-corrected chi connectivity index (χ2v) is 19.0. The molecule has 0 atom stereocenters. The number of amides is 1. The van der Waals surface area contributed by atoms with Gasteiger partial charge in [0.25, 0.3) is 0 Å². The van der Waals surface area contributed by atoms with Gasteiger partial charge in [0.1, 0.15) is 0 Å². The third kappa shape index (κ3) is 49.3. The molecule has 0 saturated heterocycles. The van der Waals surface area contributed by atoms with Crippen LogP contribution >= 0.6 is 0 Å². The smallest absolute Gasteiger partial charge is 0.222 e. The third-order valence-corrected chi connectivity index (χ3v) is 12.9. The molecule has 0 radical (unpaired) electrons. The van der Waals surface area contributed by atoms with E-state index < -0.39 is 0 Å². The standard InChI is InChI=1S/C58H111NO/c1-4-7-10-13-16-19-22-25-28-31-32-33-34-37-40-43-46-49-52-55-58(60)59(56-53-50-47-44-41-38-35-29-26-23-20-17-14-11-8-5-2)57-54-51-48-45-42-39-36-30-27-24-21-18-15-12-9-6-3/h25-30H,4-24,31-57H2,1-3H3/b28-25-,29-26-,30-27-. The van der Waals surface area contributed by atoms with Gasteiger partial charge in [0.05, 0.1) is 0 Å². The molecule has 0 fully saturated rings. The lowest BCUT2D eigenvalue weighted by molar-refractivity contribution is -0.131. The van der Waals surface area contributed by atoms with E-state index in [2.05, 4.69) is 62.1 Å². The van der Waals surface area contributed by atoms with Crippen LogP contribution in [0.5, 0.6) is 0 Å². The van der Waals surface area contributed by atoms with Crippen molar-refractivity contribution in [3.8, 4) is 0 Å². The highest BCUT2D eigenvalue weighted by Crippen LogP contribution is 2.16. The Hall–Kier alpha value is -1.31. The molecule has 0 spiro atoms. The van der Waals surface area contributed by atoms with Crippen LogP contribution in [-0.2, 0) is 4.79 Å². The summed E-state index contributed by atoms with van der Waals surface area (Å²) in [6.07, 6.45) is 75.7. The molecule has 0 N–H and O–H groups in total. The number of hydrogen-bond donors (Lipinski definition) is 0. The molecule has 0 aliphatic rings. The number of rotatable bonds is 51. The molecular weight excluding hydrogens is 727 g/mol. The van der Waals surface area contributed by atoms with Crippen molar-refractivity contribution in [2.24, 2.45) is 0 Å². The zero-order valence-electron chi connectivity index (χ0n) is 41.8. The fourth-order valence-corrected chi connectivity index (χ4v) is 8.67. The normalized spacial score (nSPS) is 12.0. The molecule has 0 aromatic carbocycles. The van der Waals surface area contributed by atoms with Crippen LogP contribution in [0.3, 0.4) is 0 Å². The number of unbranched alkanes of at least 4 members (excludes halogenated alkanes) is 39. The Labute approximate surface area is 379 Å². The molecule has 0 heterocycles. The summed E-state index contributed by atoms with van der Waals surface area (Å²) in [6, 6.07) is 0. The van der Waals surface area contributed by atoms with Crippen LogP contribution in [0.2, 0.25) is 0 Å². The van der Waals surface area contributed by atoms with Gasteiger partial charge in [0.15, 0.2) is 0 Å². The molecular formula is C58H111NO. The fourth-order valence-electron chi connectivity index (χ4n) is 8.67. The molecule has 354 valence electrons. The fraction of sp³-hybridized carbons (Fsp3) is 0.879. The summed E-state index contributed by atoms with van der Waals surface area (Å²) < 4.78 is 0. The molecule has 1 amide bonds. The molecule has 0 rings (SSSR count). The minimum absolute atomic E-state index is 0.441. The summed E-state index contributed by atoms with van der Waals surface area (Å²) in [5.41, 5.74) is 0. The lowest BCUT2D eigenvalue weighted by Gasteiger charge is -2.23. The van der Waals surface area contributed by atoms with E-state index in [1.165, 1.54) is 283 Å². The molecule has 0 aromatic rings. The molecule has 0 unspecified atom stereocenters. The maximum absolute atomic E-state index is 13.4. The Morgan fingerprint density at radius 3 is 0.717 bits per heavy atom. The predicted molar refractivity (Wildman–Crippen MR) is 273 cm³/mol. The summed E-state index contributed by atoms with van der Waals surface area (Å²) >= 11 is 0. The highest BCUT2D eigenvalue weighted by atomic mass is 16.2. The zero-order valence-corrected chi connectivity index (χ0v) is 41.8. The number of carbonyl (C=O) groups excluding carboxylic acids is 1. The third-order valence-electron chi connectivity index (χ3n) is 12.9.